The van der Waals surface area contributed by atoms with Gasteiger partial charge in [0.2, 0.25) is 0 Å². The fourth-order valence-corrected chi connectivity index (χ4v) is 7.04. The normalized spacial score (nSPS) is 45.7. The van der Waals surface area contributed by atoms with Gasteiger partial charge >= 0.3 is 11.9 Å². The molecule has 2 rings (SSSR count). The molecule has 0 unspecified atom stereocenters. The molecule has 0 aliphatic carbocycles. The fourth-order valence-electron chi connectivity index (χ4n) is 7.04. The summed E-state index contributed by atoms with van der Waals surface area (Å²) in [6, 6.07) is -0.748. The first kappa shape index (κ1) is 38.8. The molecule has 0 amide bonds. The Bertz CT molecular complexity index is 946. The molecule has 258 valence electrons. The van der Waals surface area contributed by atoms with Crippen LogP contribution in [-0.4, -0.2) is 136 Å². The van der Waals surface area contributed by atoms with Crippen molar-refractivity contribution in [2.75, 3.05) is 27.7 Å². The van der Waals surface area contributed by atoms with Gasteiger partial charge in [0.15, 0.2) is 12.4 Å². The van der Waals surface area contributed by atoms with E-state index in [0.717, 1.165) is 0 Å². The lowest BCUT2D eigenvalue weighted by molar-refractivity contribution is -0.301. The minimum atomic E-state index is -1.77. The van der Waals surface area contributed by atoms with E-state index in [2.05, 4.69) is 0 Å². The van der Waals surface area contributed by atoms with Crippen molar-refractivity contribution < 1.29 is 49.0 Å². The first-order chi connectivity index (χ1) is 20.1. The number of aliphatic hydroxyl groups excluding tert-OH is 2. The van der Waals surface area contributed by atoms with Crippen molar-refractivity contribution in [3.8, 4) is 0 Å². The van der Waals surface area contributed by atoms with E-state index >= 15 is 0 Å². The predicted octanol–water partition coefficient (Wildman–Crippen LogP) is 1.55. The molecule has 4 N–H and O–H groups in total. The van der Waals surface area contributed by atoms with E-state index in [1.54, 1.807) is 27.7 Å². The molecule has 2 fully saturated rings. The maximum atomic E-state index is 13.4. The maximum absolute atomic E-state index is 13.4. The molecular weight excluding hydrogens is 572 g/mol. The third-order valence-corrected chi connectivity index (χ3v) is 9.74. The van der Waals surface area contributed by atoms with Crippen LogP contribution in [-0.2, 0) is 28.5 Å². The molecule has 44 heavy (non-hydrogen) atoms. The number of carbonyl (C=O) groups is 2. The number of cyclic esters (lactones) is 1. The largest absolute Gasteiger partial charge is 0.459 e. The molecule has 0 radical (unpaired) electrons. The lowest BCUT2D eigenvalue weighted by Crippen LogP contribution is -2.60. The van der Waals surface area contributed by atoms with Gasteiger partial charge in [-0.05, 0) is 80.9 Å². The summed E-state index contributed by atoms with van der Waals surface area (Å²) in [5.74, 6) is -3.26. The van der Waals surface area contributed by atoms with E-state index in [1.165, 1.54) is 20.8 Å². The monoisotopic (exact) mass is 632 g/mol. The molecule has 0 aromatic heterocycles. The van der Waals surface area contributed by atoms with Crippen LogP contribution < -0.4 is 0 Å². The Morgan fingerprint density at radius 2 is 1.70 bits per heavy atom. The second-order valence-corrected chi connectivity index (χ2v) is 14.2. The highest BCUT2D eigenvalue weighted by Crippen LogP contribution is 2.37. The average molecular weight is 633 g/mol. The SMILES string of the molecule is CC[C@H]1OC(=O)[C@H](C)[C@@H](O)[C@H](C)[C@@H](O[C@@H]2O[C@H](C)C[C@H](N(C)C)[C@H]2OC(C)=O)[C@](C)(O)C[C@@H](C)CN(C)[C@H](C)[C@@H](O)[C@]1(C)O. The van der Waals surface area contributed by atoms with E-state index in [1.807, 2.05) is 44.8 Å². The summed E-state index contributed by atoms with van der Waals surface area (Å²) in [7, 11) is 5.59. The van der Waals surface area contributed by atoms with E-state index in [9.17, 15) is 30.0 Å². The van der Waals surface area contributed by atoms with Crippen molar-refractivity contribution in [2.24, 2.45) is 17.8 Å². The number of rotatable bonds is 5. The van der Waals surface area contributed by atoms with Crippen LogP contribution in [0.15, 0.2) is 0 Å². The number of esters is 2. The molecule has 0 aromatic carbocycles. The standard InChI is InChI=1S/C32H60N2O10/c1-13-24-32(9,40)27(37)21(6)34(12)16-17(2)15-31(8,39)28(19(4)25(36)20(5)29(38)43-24)44-30-26(42-22(7)35)23(33(10)11)14-18(3)41-30/h17-21,23-28,30,36-37,39-40H,13-16H2,1-12H3/t17-,18-,19+,20-,21-,23+,24-,25+,26-,27-,28-,30+,31-,32-/m1/s1. The first-order valence-electron chi connectivity index (χ1n) is 16.0. The Balaban J connectivity index is 2.59. The summed E-state index contributed by atoms with van der Waals surface area (Å²) in [5, 5.41) is 46.3. The van der Waals surface area contributed by atoms with E-state index in [-0.39, 0.29) is 30.9 Å². The lowest BCUT2D eigenvalue weighted by Gasteiger charge is -2.47. The molecule has 0 aromatic rings. The molecule has 12 nitrogen and oxygen atoms in total. The number of ether oxygens (including phenoxy) is 4. The van der Waals surface area contributed by atoms with Crippen LogP contribution in [0.4, 0.5) is 0 Å². The number of aliphatic hydroxyl groups is 4. The molecule has 12 heteroatoms. The maximum Gasteiger partial charge on any atom is 0.311 e. The average Bonchev–Trinajstić information content (AvgIpc) is 2.91. The first-order valence-corrected chi connectivity index (χ1v) is 16.0. The van der Waals surface area contributed by atoms with Crippen LogP contribution in [0.1, 0.15) is 81.6 Å². The highest BCUT2D eigenvalue weighted by molar-refractivity contribution is 5.73. The van der Waals surface area contributed by atoms with Gasteiger partial charge in [0.25, 0.3) is 0 Å². The Labute approximate surface area is 264 Å². The zero-order chi connectivity index (χ0) is 33.9. The lowest BCUT2D eigenvalue weighted by atomic mass is 9.78. The Hall–Kier alpha value is -1.38. The summed E-state index contributed by atoms with van der Waals surface area (Å²) in [5.41, 5.74) is -3.30. The molecule has 0 bridgehead atoms. The van der Waals surface area contributed by atoms with Gasteiger partial charge in [-0.1, -0.05) is 20.8 Å². The van der Waals surface area contributed by atoms with Crippen LogP contribution in [0.25, 0.3) is 0 Å². The summed E-state index contributed by atoms with van der Waals surface area (Å²) < 4.78 is 24.2. The van der Waals surface area contributed by atoms with Crippen molar-refractivity contribution in [1.29, 1.82) is 0 Å². The smallest absolute Gasteiger partial charge is 0.311 e. The van der Waals surface area contributed by atoms with Crippen LogP contribution >= 0.6 is 0 Å². The van der Waals surface area contributed by atoms with Gasteiger partial charge in [-0.15, -0.1) is 0 Å². The van der Waals surface area contributed by atoms with E-state index < -0.39 is 77.8 Å². The molecular formula is C32H60N2O10. The highest BCUT2D eigenvalue weighted by atomic mass is 16.7. The number of carbonyl (C=O) groups excluding carboxylic acids is 2. The molecule has 0 saturated carbocycles. The number of hydrogen-bond donors (Lipinski definition) is 4. The van der Waals surface area contributed by atoms with Gasteiger partial charge in [0, 0.05) is 25.4 Å². The third-order valence-electron chi connectivity index (χ3n) is 9.74. The van der Waals surface area contributed by atoms with Gasteiger partial charge in [0.1, 0.15) is 17.8 Å². The van der Waals surface area contributed by atoms with Crippen LogP contribution in [0, 0.1) is 17.8 Å². The third kappa shape index (κ3) is 9.12. The molecule has 2 aliphatic heterocycles. The Morgan fingerprint density at radius 3 is 2.23 bits per heavy atom. The predicted molar refractivity (Wildman–Crippen MR) is 164 cm³/mol. The zero-order valence-electron chi connectivity index (χ0n) is 28.9. The highest BCUT2D eigenvalue weighted by Gasteiger charge is 2.50. The minimum Gasteiger partial charge on any atom is -0.459 e. The van der Waals surface area contributed by atoms with Crippen molar-refractivity contribution >= 4 is 11.9 Å². The molecule has 0 spiro atoms. The van der Waals surface area contributed by atoms with Gasteiger partial charge in [-0.2, -0.15) is 0 Å². The summed E-state index contributed by atoms with van der Waals surface area (Å²) in [4.78, 5) is 29.4. The number of nitrogens with zero attached hydrogens (tertiary/aromatic N) is 2. The van der Waals surface area contributed by atoms with Crippen molar-refractivity contribution in [3.05, 3.63) is 0 Å². The quantitative estimate of drug-likeness (QED) is 0.325. The van der Waals surface area contributed by atoms with Crippen LogP contribution in [0.5, 0.6) is 0 Å². The molecule has 2 saturated heterocycles. The topological polar surface area (TPSA) is 158 Å². The Kier molecular flexibility index (Phi) is 13.6. The zero-order valence-corrected chi connectivity index (χ0v) is 28.9. The Morgan fingerprint density at radius 1 is 1.11 bits per heavy atom. The van der Waals surface area contributed by atoms with Gasteiger partial charge < -0.3 is 49.2 Å². The van der Waals surface area contributed by atoms with Crippen LogP contribution in [0.3, 0.4) is 0 Å². The molecule has 14 atom stereocenters. The van der Waals surface area contributed by atoms with E-state index in [4.69, 9.17) is 18.9 Å². The van der Waals surface area contributed by atoms with Crippen LogP contribution in [0.2, 0.25) is 0 Å². The summed E-state index contributed by atoms with van der Waals surface area (Å²) in [6.45, 7) is 15.5. The minimum absolute atomic E-state index is 0.127. The number of hydrogen-bond acceptors (Lipinski definition) is 12. The fraction of sp³-hybridized carbons (Fsp3) is 0.938. The van der Waals surface area contributed by atoms with Gasteiger partial charge in [0.05, 0.1) is 35.9 Å². The van der Waals surface area contributed by atoms with Gasteiger partial charge in [-0.25, -0.2) is 0 Å². The van der Waals surface area contributed by atoms with Crippen molar-refractivity contribution in [3.63, 3.8) is 0 Å². The summed E-state index contributed by atoms with van der Waals surface area (Å²) in [6.07, 6.45) is -5.74. The molecule has 2 heterocycles. The van der Waals surface area contributed by atoms with Gasteiger partial charge in [-0.3, -0.25) is 9.59 Å². The second-order valence-electron chi connectivity index (χ2n) is 14.2. The number of likely N-dealkylation sites (N-methyl/N-ethyl adjacent to an activating group) is 2. The van der Waals surface area contributed by atoms with Crippen molar-refractivity contribution in [2.45, 2.75) is 148 Å². The summed E-state index contributed by atoms with van der Waals surface area (Å²) >= 11 is 0. The van der Waals surface area contributed by atoms with E-state index in [0.29, 0.717) is 13.0 Å². The second kappa shape index (κ2) is 15.5. The van der Waals surface area contributed by atoms with Crippen molar-refractivity contribution in [1.82, 2.24) is 9.80 Å². The molecule has 2 aliphatic rings.